The summed E-state index contributed by atoms with van der Waals surface area (Å²) in [6, 6.07) is 14.2. The van der Waals surface area contributed by atoms with E-state index < -0.39 is 0 Å². The number of rotatable bonds is 4. The van der Waals surface area contributed by atoms with Crippen molar-refractivity contribution in [3.8, 4) is 17.1 Å². The summed E-state index contributed by atoms with van der Waals surface area (Å²) in [6.07, 6.45) is 1.76. The van der Waals surface area contributed by atoms with Gasteiger partial charge in [0.1, 0.15) is 4.60 Å². The Hall–Kier alpha value is -2.32. The number of para-hydroxylation sites is 1. The second-order valence-electron chi connectivity index (χ2n) is 6.27. The minimum absolute atomic E-state index is 0.538. The van der Waals surface area contributed by atoms with Crippen LogP contribution in [0.25, 0.3) is 17.1 Å². The minimum atomic E-state index is 0.538. The Bertz CT molecular complexity index is 1080. The Balaban J connectivity index is 1.65. The molecule has 0 N–H and O–H groups in total. The molecule has 2 aromatic carbocycles. The predicted molar refractivity (Wildman–Crippen MR) is 111 cm³/mol. The average Bonchev–Trinajstić information content (AvgIpc) is 3.24. The van der Waals surface area contributed by atoms with Crippen LogP contribution in [-0.4, -0.2) is 30.0 Å². The quantitative estimate of drug-likeness (QED) is 0.418. The largest absolute Gasteiger partial charge is 0.225 e. The van der Waals surface area contributed by atoms with Crippen LogP contribution in [0.15, 0.2) is 57.7 Å². The van der Waals surface area contributed by atoms with Crippen LogP contribution < -0.4 is 0 Å². The maximum Gasteiger partial charge on any atom is 0.209 e. The summed E-state index contributed by atoms with van der Waals surface area (Å²) in [5.74, 6) is 0.538. The molecule has 0 bridgehead atoms. The van der Waals surface area contributed by atoms with Crippen molar-refractivity contribution in [3.05, 3.63) is 74.4 Å². The number of tetrazole rings is 1. The van der Waals surface area contributed by atoms with Gasteiger partial charge in [-0.25, -0.2) is 4.68 Å². The molecule has 136 valence electrons. The standard InChI is InChI=1S/C19H16Br2N6/c1-12-4-3-5-13(2)17(12)27-18(21)16(10-22-27)19-23-25-26(24-19)11-14-6-8-15(20)9-7-14/h3-10H,11H2,1-2H3. The zero-order valence-electron chi connectivity index (χ0n) is 14.8. The van der Waals surface area contributed by atoms with Gasteiger partial charge >= 0.3 is 0 Å². The topological polar surface area (TPSA) is 61.4 Å². The fraction of sp³-hybridized carbons (Fsp3) is 0.158. The highest BCUT2D eigenvalue weighted by Crippen LogP contribution is 2.30. The lowest BCUT2D eigenvalue weighted by Gasteiger charge is -2.10. The smallest absolute Gasteiger partial charge is 0.209 e. The van der Waals surface area contributed by atoms with Gasteiger partial charge in [-0.3, -0.25) is 0 Å². The van der Waals surface area contributed by atoms with E-state index in [1.54, 1.807) is 11.0 Å². The molecule has 0 aliphatic heterocycles. The molecule has 0 aliphatic rings. The van der Waals surface area contributed by atoms with Gasteiger partial charge in [0.15, 0.2) is 0 Å². The second kappa shape index (κ2) is 7.36. The second-order valence-corrected chi connectivity index (χ2v) is 7.94. The fourth-order valence-electron chi connectivity index (χ4n) is 2.95. The molecule has 0 saturated heterocycles. The third-order valence-corrected chi connectivity index (χ3v) is 5.58. The highest BCUT2D eigenvalue weighted by molar-refractivity contribution is 9.10. The molecule has 8 heteroatoms. The van der Waals surface area contributed by atoms with Gasteiger partial charge in [0.25, 0.3) is 0 Å². The molecular formula is C19H16Br2N6. The summed E-state index contributed by atoms with van der Waals surface area (Å²) in [7, 11) is 0. The van der Waals surface area contributed by atoms with Gasteiger partial charge in [-0.1, -0.05) is 46.3 Å². The van der Waals surface area contributed by atoms with Gasteiger partial charge in [-0.2, -0.15) is 9.90 Å². The summed E-state index contributed by atoms with van der Waals surface area (Å²) < 4.78 is 3.72. The summed E-state index contributed by atoms with van der Waals surface area (Å²) in [6.45, 7) is 4.70. The van der Waals surface area contributed by atoms with Crippen LogP contribution in [0.3, 0.4) is 0 Å². The first-order valence-electron chi connectivity index (χ1n) is 8.35. The number of aryl methyl sites for hydroxylation is 2. The Morgan fingerprint density at radius 1 is 0.963 bits per heavy atom. The van der Waals surface area contributed by atoms with Crippen molar-refractivity contribution in [2.45, 2.75) is 20.4 Å². The van der Waals surface area contributed by atoms with Crippen LogP contribution in [0.5, 0.6) is 0 Å². The monoisotopic (exact) mass is 486 g/mol. The van der Waals surface area contributed by atoms with Crippen molar-refractivity contribution in [2.24, 2.45) is 0 Å². The van der Waals surface area contributed by atoms with Crippen molar-refractivity contribution < 1.29 is 0 Å². The molecule has 27 heavy (non-hydrogen) atoms. The molecule has 0 spiro atoms. The number of aromatic nitrogens is 6. The van der Waals surface area contributed by atoms with Crippen molar-refractivity contribution in [3.63, 3.8) is 0 Å². The van der Waals surface area contributed by atoms with E-state index in [1.807, 2.05) is 35.0 Å². The SMILES string of the molecule is Cc1cccc(C)c1-n1ncc(-c2nnn(Cc3ccc(Br)cc3)n2)c1Br. The molecule has 0 fully saturated rings. The van der Waals surface area contributed by atoms with Crippen molar-refractivity contribution in [1.82, 2.24) is 30.0 Å². The van der Waals surface area contributed by atoms with Gasteiger partial charge in [0, 0.05) is 4.47 Å². The van der Waals surface area contributed by atoms with E-state index in [9.17, 15) is 0 Å². The molecule has 4 aromatic rings. The van der Waals surface area contributed by atoms with Crippen LogP contribution in [0.1, 0.15) is 16.7 Å². The van der Waals surface area contributed by atoms with E-state index in [1.165, 1.54) is 0 Å². The van der Waals surface area contributed by atoms with E-state index in [-0.39, 0.29) is 0 Å². The number of benzene rings is 2. The molecule has 2 heterocycles. The first-order chi connectivity index (χ1) is 13.0. The fourth-order valence-corrected chi connectivity index (χ4v) is 3.76. The summed E-state index contributed by atoms with van der Waals surface area (Å²) in [5, 5.41) is 17.4. The van der Waals surface area contributed by atoms with Crippen LogP contribution in [0.4, 0.5) is 0 Å². The molecule has 0 saturated carbocycles. The van der Waals surface area contributed by atoms with Crippen LogP contribution in [0.2, 0.25) is 0 Å². The number of hydrogen-bond donors (Lipinski definition) is 0. The first-order valence-corrected chi connectivity index (χ1v) is 9.94. The average molecular weight is 488 g/mol. The van der Waals surface area contributed by atoms with Gasteiger partial charge in [-0.15, -0.1) is 10.2 Å². The van der Waals surface area contributed by atoms with E-state index in [2.05, 4.69) is 78.3 Å². The van der Waals surface area contributed by atoms with E-state index in [0.717, 1.165) is 37.0 Å². The van der Waals surface area contributed by atoms with Gasteiger partial charge in [-0.05, 0) is 63.8 Å². The van der Waals surface area contributed by atoms with Crippen molar-refractivity contribution >= 4 is 31.9 Å². The zero-order chi connectivity index (χ0) is 19.0. The lowest BCUT2D eigenvalue weighted by Crippen LogP contribution is -2.04. The number of halogens is 2. The molecule has 0 aliphatic carbocycles. The Kier molecular flexibility index (Phi) is 4.92. The Labute approximate surface area is 173 Å². The third-order valence-electron chi connectivity index (χ3n) is 4.29. The highest BCUT2D eigenvalue weighted by Gasteiger charge is 2.18. The van der Waals surface area contributed by atoms with Gasteiger partial charge < -0.3 is 0 Å². The predicted octanol–water partition coefficient (Wildman–Crippen LogP) is 4.72. The lowest BCUT2D eigenvalue weighted by molar-refractivity contribution is 0.573. The Morgan fingerprint density at radius 3 is 2.37 bits per heavy atom. The molecule has 6 nitrogen and oxygen atoms in total. The lowest BCUT2D eigenvalue weighted by atomic mass is 10.1. The summed E-state index contributed by atoms with van der Waals surface area (Å²) in [4.78, 5) is 1.58. The molecule has 0 unspecified atom stereocenters. The van der Waals surface area contributed by atoms with Crippen LogP contribution >= 0.6 is 31.9 Å². The van der Waals surface area contributed by atoms with E-state index >= 15 is 0 Å². The van der Waals surface area contributed by atoms with Crippen molar-refractivity contribution in [1.29, 1.82) is 0 Å². The normalized spacial score (nSPS) is 11.1. The minimum Gasteiger partial charge on any atom is -0.225 e. The maximum atomic E-state index is 4.53. The highest BCUT2D eigenvalue weighted by atomic mass is 79.9. The van der Waals surface area contributed by atoms with E-state index in [0.29, 0.717) is 12.4 Å². The summed E-state index contributed by atoms with van der Waals surface area (Å²) in [5.41, 5.74) is 5.26. The van der Waals surface area contributed by atoms with Gasteiger partial charge in [0.05, 0.1) is 24.0 Å². The molecule has 2 aromatic heterocycles. The van der Waals surface area contributed by atoms with Crippen molar-refractivity contribution in [2.75, 3.05) is 0 Å². The first kappa shape index (κ1) is 18.1. The molecule has 4 rings (SSSR count). The maximum absolute atomic E-state index is 4.53. The Morgan fingerprint density at radius 2 is 1.67 bits per heavy atom. The zero-order valence-corrected chi connectivity index (χ0v) is 17.9. The number of nitrogens with zero attached hydrogens (tertiary/aromatic N) is 6. The summed E-state index contributed by atoms with van der Waals surface area (Å²) >= 11 is 7.10. The number of hydrogen-bond acceptors (Lipinski definition) is 4. The molecular weight excluding hydrogens is 472 g/mol. The molecule has 0 radical (unpaired) electrons. The molecule has 0 amide bonds. The van der Waals surface area contributed by atoms with E-state index in [4.69, 9.17) is 0 Å². The van der Waals surface area contributed by atoms with Crippen LogP contribution in [-0.2, 0) is 6.54 Å². The third kappa shape index (κ3) is 3.59. The van der Waals surface area contributed by atoms with Crippen LogP contribution in [0, 0.1) is 13.8 Å². The molecule has 0 atom stereocenters. The van der Waals surface area contributed by atoms with Gasteiger partial charge in [0.2, 0.25) is 5.82 Å².